The smallest absolute Gasteiger partial charge is 0.262 e. The molecule has 0 unspecified atom stereocenters. The van der Waals surface area contributed by atoms with Gasteiger partial charge in [0, 0.05) is 4.88 Å². The number of hydrogen-bond acceptors (Lipinski definition) is 5. The second-order valence-corrected chi connectivity index (χ2v) is 7.43. The summed E-state index contributed by atoms with van der Waals surface area (Å²) in [6, 6.07) is 17.4. The molecule has 1 aliphatic rings. The summed E-state index contributed by atoms with van der Waals surface area (Å²) in [7, 11) is 0. The Labute approximate surface area is 169 Å². The van der Waals surface area contributed by atoms with Crippen molar-refractivity contribution in [2.45, 2.75) is 0 Å². The normalized spacial score (nSPS) is 12.8. The van der Waals surface area contributed by atoms with Gasteiger partial charge in [0.25, 0.3) is 17.7 Å². The molecule has 0 atom stereocenters. The lowest BCUT2D eigenvalue weighted by atomic mass is 10.1. The first-order valence-electron chi connectivity index (χ1n) is 8.70. The number of primary amides is 1. The fourth-order valence-corrected chi connectivity index (χ4v) is 4.19. The van der Waals surface area contributed by atoms with Gasteiger partial charge in [-0.05, 0) is 23.8 Å². The molecule has 3 N–H and O–H groups in total. The Morgan fingerprint density at radius 1 is 0.931 bits per heavy atom. The van der Waals surface area contributed by atoms with Crippen molar-refractivity contribution in [3.05, 3.63) is 77.4 Å². The third kappa shape index (κ3) is 3.41. The van der Waals surface area contributed by atoms with Crippen LogP contribution < -0.4 is 11.1 Å². The van der Waals surface area contributed by atoms with E-state index < -0.39 is 30.2 Å². The van der Waals surface area contributed by atoms with E-state index in [9.17, 15) is 19.2 Å². The van der Waals surface area contributed by atoms with E-state index in [4.69, 9.17) is 5.73 Å². The van der Waals surface area contributed by atoms with Crippen LogP contribution in [0, 0.1) is 0 Å². The second-order valence-electron chi connectivity index (χ2n) is 6.37. The third-order valence-corrected chi connectivity index (χ3v) is 5.59. The molecule has 2 heterocycles. The van der Waals surface area contributed by atoms with Crippen molar-refractivity contribution in [3.8, 4) is 10.4 Å². The maximum Gasteiger partial charge on any atom is 0.262 e. The average molecular weight is 405 g/mol. The van der Waals surface area contributed by atoms with Crippen LogP contribution in [0.15, 0.2) is 60.7 Å². The van der Waals surface area contributed by atoms with Crippen molar-refractivity contribution in [2.24, 2.45) is 5.73 Å². The van der Waals surface area contributed by atoms with Crippen molar-refractivity contribution in [2.75, 3.05) is 11.9 Å². The monoisotopic (exact) mass is 405 g/mol. The minimum Gasteiger partial charge on any atom is -0.366 e. The number of nitrogens with zero attached hydrogens (tertiary/aromatic N) is 1. The quantitative estimate of drug-likeness (QED) is 0.636. The Morgan fingerprint density at radius 2 is 1.52 bits per heavy atom. The van der Waals surface area contributed by atoms with Crippen LogP contribution in [-0.2, 0) is 4.79 Å². The molecule has 0 radical (unpaired) electrons. The molecule has 0 saturated carbocycles. The van der Waals surface area contributed by atoms with Crippen LogP contribution in [0.1, 0.15) is 31.1 Å². The predicted octanol–water partition coefficient (Wildman–Crippen LogP) is 2.75. The molecular formula is C21H15N3O4S. The lowest BCUT2D eigenvalue weighted by molar-refractivity contribution is -0.116. The number of carbonyl (C=O) groups excluding carboxylic acids is 4. The fraction of sp³-hybridized carbons (Fsp3) is 0.0476. The minimum absolute atomic E-state index is 0.171. The van der Waals surface area contributed by atoms with Gasteiger partial charge in [-0.1, -0.05) is 42.5 Å². The number of hydrogen-bond donors (Lipinski definition) is 2. The van der Waals surface area contributed by atoms with Crippen LogP contribution in [0.25, 0.3) is 10.4 Å². The van der Waals surface area contributed by atoms with Crippen molar-refractivity contribution >= 4 is 40.0 Å². The molecule has 1 aliphatic heterocycles. The molecule has 0 saturated heterocycles. The van der Waals surface area contributed by atoms with Crippen molar-refractivity contribution in [1.29, 1.82) is 0 Å². The Balaban J connectivity index is 1.55. The molecule has 8 heteroatoms. The van der Waals surface area contributed by atoms with Crippen LogP contribution >= 0.6 is 11.3 Å². The number of anilines is 1. The van der Waals surface area contributed by atoms with Crippen molar-refractivity contribution in [3.63, 3.8) is 0 Å². The number of nitrogens with two attached hydrogens (primary N) is 1. The molecule has 0 spiro atoms. The van der Waals surface area contributed by atoms with Gasteiger partial charge in [0.2, 0.25) is 5.91 Å². The van der Waals surface area contributed by atoms with E-state index in [-0.39, 0.29) is 21.7 Å². The van der Waals surface area contributed by atoms with E-state index in [0.717, 1.165) is 15.3 Å². The topological polar surface area (TPSA) is 110 Å². The van der Waals surface area contributed by atoms with Crippen LogP contribution in [0.3, 0.4) is 0 Å². The minimum atomic E-state index is -0.681. The zero-order valence-electron chi connectivity index (χ0n) is 15.0. The maximum absolute atomic E-state index is 12.5. The molecule has 144 valence electrons. The standard InChI is InChI=1S/C21H15N3O4S/c22-18(26)15-10-16(12-6-2-1-3-7-12)29-19(15)23-17(25)11-24-20(27)13-8-4-5-9-14(13)21(24)28/h1-10H,11H2,(H2,22,26)(H,23,25). The van der Waals surface area contributed by atoms with Crippen LogP contribution in [0.5, 0.6) is 0 Å². The first-order valence-corrected chi connectivity index (χ1v) is 9.51. The molecule has 4 amide bonds. The van der Waals surface area contributed by atoms with E-state index in [0.29, 0.717) is 0 Å². The summed E-state index contributed by atoms with van der Waals surface area (Å²) in [5, 5.41) is 2.89. The summed E-state index contributed by atoms with van der Waals surface area (Å²) in [5.41, 5.74) is 7.03. The lowest BCUT2D eigenvalue weighted by Gasteiger charge is -2.13. The number of rotatable bonds is 5. The van der Waals surface area contributed by atoms with Gasteiger partial charge in [-0.15, -0.1) is 11.3 Å². The average Bonchev–Trinajstić information content (AvgIpc) is 3.24. The maximum atomic E-state index is 12.5. The van der Waals surface area contributed by atoms with Crippen molar-refractivity contribution < 1.29 is 19.2 Å². The van der Waals surface area contributed by atoms with Crippen LogP contribution in [-0.4, -0.2) is 35.1 Å². The number of fused-ring (bicyclic) bond motifs is 1. The van der Waals surface area contributed by atoms with E-state index in [1.807, 2.05) is 30.3 Å². The first-order chi connectivity index (χ1) is 14.0. The summed E-state index contributed by atoms with van der Waals surface area (Å²) in [5.74, 6) is -2.32. The second kappa shape index (κ2) is 7.33. The number of imide groups is 1. The number of carbonyl (C=O) groups is 4. The van der Waals surface area contributed by atoms with Gasteiger partial charge in [0.15, 0.2) is 0 Å². The Hall–Kier alpha value is -3.78. The Bertz CT molecular complexity index is 1120. The zero-order valence-corrected chi connectivity index (χ0v) is 15.9. The molecule has 2 aromatic carbocycles. The lowest BCUT2D eigenvalue weighted by Crippen LogP contribution is -2.37. The fourth-order valence-electron chi connectivity index (χ4n) is 3.10. The van der Waals surface area contributed by atoms with Gasteiger partial charge < -0.3 is 11.1 Å². The largest absolute Gasteiger partial charge is 0.366 e. The highest BCUT2D eigenvalue weighted by molar-refractivity contribution is 7.20. The summed E-state index contributed by atoms with van der Waals surface area (Å²) >= 11 is 1.19. The highest BCUT2D eigenvalue weighted by Crippen LogP contribution is 2.35. The van der Waals surface area contributed by atoms with Gasteiger partial charge in [-0.3, -0.25) is 24.1 Å². The Kier molecular flexibility index (Phi) is 4.69. The molecule has 1 aromatic heterocycles. The molecular weight excluding hydrogens is 390 g/mol. The summed E-state index contributed by atoms with van der Waals surface area (Å²) in [6.07, 6.45) is 0. The van der Waals surface area contributed by atoms with Gasteiger partial charge in [0.1, 0.15) is 11.5 Å². The predicted molar refractivity (Wildman–Crippen MR) is 109 cm³/mol. The van der Waals surface area contributed by atoms with E-state index in [2.05, 4.69) is 5.32 Å². The zero-order chi connectivity index (χ0) is 20.5. The van der Waals surface area contributed by atoms with Crippen molar-refractivity contribution in [1.82, 2.24) is 4.90 Å². The number of thiophene rings is 1. The number of benzene rings is 2. The molecule has 0 bridgehead atoms. The summed E-state index contributed by atoms with van der Waals surface area (Å²) < 4.78 is 0. The molecule has 0 aliphatic carbocycles. The van der Waals surface area contributed by atoms with Gasteiger partial charge in [-0.2, -0.15) is 0 Å². The van der Waals surface area contributed by atoms with Gasteiger partial charge >= 0.3 is 0 Å². The van der Waals surface area contributed by atoms with Gasteiger partial charge in [-0.25, -0.2) is 0 Å². The van der Waals surface area contributed by atoms with Gasteiger partial charge in [0.05, 0.1) is 16.7 Å². The molecule has 0 fully saturated rings. The molecule has 29 heavy (non-hydrogen) atoms. The molecule has 4 rings (SSSR count). The highest BCUT2D eigenvalue weighted by Gasteiger charge is 2.36. The Morgan fingerprint density at radius 3 is 2.10 bits per heavy atom. The molecule has 3 aromatic rings. The summed E-state index contributed by atoms with van der Waals surface area (Å²) in [6.45, 7) is -0.455. The summed E-state index contributed by atoms with van der Waals surface area (Å²) in [4.78, 5) is 50.8. The third-order valence-electron chi connectivity index (χ3n) is 4.49. The SMILES string of the molecule is NC(=O)c1cc(-c2ccccc2)sc1NC(=O)CN1C(=O)c2ccccc2C1=O. The van der Waals surface area contributed by atoms with Crippen LogP contribution in [0.4, 0.5) is 5.00 Å². The van der Waals surface area contributed by atoms with Crippen LogP contribution in [0.2, 0.25) is 0 Å². The molecule has 7 nitrogen and oxygen atoms in total. The van der Waals surface area contributed by atoms with E-state index in [1.54, 1.807) is 30.3 Å². The van der Waals surface area contributed by atoms with E-state index in [1.165, 1.54) is 11.3 Å². The number of nitrogens with one attached hydrogen (secondary N) is 1. The van der Waals surface area contributed by atoms with E-state index >= 15 is 0 Å². The highest BCUT2D eigenvalue weighted by atomic mass is 32.1. The first kappa shape index (κ1) is 18.6. The number of amides is 4.